The number of phenols is 1. The Morgan fingerprint density at radius 3 is 2.94 bits per heavy atom. The third kappa shape index (κ3) is 2.63. The summed E-state index contributed by atoms with van der Waals surface area (Å²) in [5.41, 5.74) is 6.17. The molecule has 5 heteroatoms. The minimum Gasteiger partial charge on any atom is -0.508 e. The summed E-state index contributed by atoms with van der Waals surface area (Å²) >= 11 is 0. The van der Waals surface area contributed by atoms with E-state index in [1.807, 2.05) is 0 Å². The summed E-state index contributed by atoms with van der Waals surface area (Å²) < 4.78 is 5.57. The van der Waals surface area contributed by atoms with Gasteiger partial charge in [0.1, 0.15) is 11.9 Å². The summed E-state index contributed by atoms with van der Waals surface area (Å²) in [5, 5.41) is 9.40. The summed E-state index contributed by atoms with van der Waals surface area (Å²) in [6.07, 6.45) is 1.08. The largest absolute Gasteiger partial charge is 0.508 e. The second-order valence-electron chi connectivity index (χ2n) is 4.48. The zero-order valence-electron chi connectivity index (χ0n) is 10.4. The molecule has 2 atom stereocenters. The average Bonchev–Trinajstić information content (AvgIpc) is 2.85. The Kier molecular flexibility index (Phi) is 3.84. The van der Waals surface area contributed by atoms with E-state index in [-0.39, 0.29) is 17.8 Å². The highest BCUT2D eigenvalue weighted by Gasteiger charge is 2.32. The first-order valence-corrected chi connectivity index (χ1v) is 6.04. The number of aromatic hydroxyl groups is 1. The molecule has 3 N–H and O–H groups in total. The highest BCUT2D eigenvalue weighted by molar-refractivity contribution is 5.96. The SMILES string of the molecule is CN(C(=O)C1CCC(CN)O1)c1cccc(O)c1. The lowest BCUT2D eigenvalue weighted by atomic mass is 10.1. The minimum absolute atomic E-state index is 0.0171. The van der Waals surface area contributed by atoms with E-state index in [4.69, 9.17) is 10.5 Å². The molecule has 1 fully saturated rings. The van der Waals surface area contributed by atoms with Gasteiger partial charge in [0.2, 0.25) is 0 Å². The Morgan fingerprint density at radius 1 is 1.56 bits per heavy atom. The molecule has 5 nitrogen and oxygen atoms in total. The average molecular weight is 250 g/mol. The van der Waals surface area contributed by atoms with Gasteiger partial charge in [0.15, 0.2) is 0 Å². The van der Waals surface area contributed by atoms with Crippen molar-refractivity contribution in [3.63, 3.8) is 0 Å². The molecule has 18 heavy (non-hydrogen) atoms. The Morgan fingerprint density at radius 2 is 2.33 bits per heavy atom. The van der Waals surface area contributed by atoms with Gasteiger partial charge in [-0.3, -0.25) is 4.79 Å². The van der Waals surface area contributed by atoms with Crippen molar-refractivity contribution < 1.29 is 14.6 Å². The lowest BCUT2D eigenvalue weighted by Gasteiger charge is -2.21. The maximum absolute atomic E-state index is 12.2. The molecule has 2 rings (SSSR count). The molecule has 1 amide bonds. The van der Waals surface area contributed by atoms with Gasteiger partial charge in [-0.25, -0.2) is 0 Å². The third-order valence-electron chi connectivity index (χ3n) is 3.19. The number of rotatable bonds is 3. The zero-order chi connectivity index (χ0) is 13.1. The number of hydrogen-bond donors (Lipinski definition) is 2. The molecular weight excluding hydrogens is 232 g/mol. The molecule has 1 aliphatic rings. The van der Waals surface area contributed by atoms with Gasteiger partial charge in [-0.15, -0.1) is 0 Å². The Bertz CT molecular complexity index is 436. The first-order chi connectivity index (χ1) is 8.61. The van der Waals surface area contributed by atoms with Crippen molar-refractivity contribution in [3.05, 3.63) is 24.3 Å². The van der Waals surface area contributed by atoms with Crippen LogP contribution in [0.4, 0.5) is 5.69 Å². The normalized spacial score (nSPS) is 23.0. The van der Waals surface area contributed by atoms with Crippen LogP contribution in [0, 0.1) is 0 Å². The number of hydrogen-bond acceptors (Lipinski definition) is 4. The van der Waals surface area contributed by atoms with Crippen LogP contribution in [0.25, 0.3) is 0 Å². The molecule has 0 aromatic heterocycles. The van der Waals surface area contributed by atoms with Crippen molar-refractivity contribution in [1.29, 1.82) is 0 Å². The molecule has 1 saturated heterocycles. The molecule has 0 spiro atoms. The van der Waals surface area contributed by atoms with Crippen LogP contribution >= 0.6 is 0 Å². The van der Waals surface area contributed by atoms with E-state index in [0.29, 0.717) is 18.7 Å². The number of nitrogens with two attached hydrogens (primary N) is 1. The Hall–Kier alpha value is -1.59. The van der Waals surface area contributed by atoms with Crippen molar-refractivity contribution in [2.45, 2.75) is 25.0 Å². The first-order valence-electron chi connectivity index (χ1n) is 6.04. The number of nitrogens with zero attached hydrogens (tertiary/aromatic N) is 1. The van der Waals surface area contributed by atoms with E-state index < -0.39 is 6.10 Å². The lowest BCUT2D eigenvalue weighted by Crippen LogP contribution is -2.37. The zero-order valence-corrected chi connectivity index (χ0v) is 10.4. The highest BCUT2D eigenvalue weighted by Crippen LogP contribution is 2.24. The van der Waals surface area contributed by atoms with Gasteiger partial charge in [-0.2, -0.15) is 0 Å². The minimum atomic E-state index is -0.425. The van der Waals surface area contributed by atoms with Gasteiger partial charge in [0, 0.05) is 25.3 Å². The number of phenolic OH excluding ortho intramolecular Hbond substituents is 1. The van der Waals surface area contributed by atoms with Crippen LogP contribution in [-0.2, 0) is 9.53 Å². The van der Waals surface area contributed by atoms with E-state index >= 15 is 0 Å². The van der Waals surface area contributed by atoms with Crippen molar-refractivity contribution >= 4 is 11.6 Å². The van der Waals surface area contributed by atoms with Crippen LogP contribution in [0.5, 0.6) is 5.75 Å². The number of ether oxygens (including phenoxy) is 1. The van der Waals surface area contributed by atoms with Gasteiger partial charge in [0.05, 0.1) is 6.10 Å². The molecule has 1 aromatic rings. The quantitative estimate of drug-likeness (QED) is 0.834. The molecule has 0 saturated carbocycles. The number of benzene rings is 1. The summed E-state index contributed by atoms with van der Waals surface area (Å²) in [4.78, 5) is 13.7. The van der Waals surface area contributed by atoms with Crippen LogP contribution in [-0.4, -0.2) is 36.8 Å². The van der Waals surface area contributed by atoms with E-state index in [0.717, 1.165) is 6.42 Å². The van der Waals surface area contributed by atoms with Gasteiger partial charge in [-0.05, 0) is 25.0 Å². The smallest absolute Gasteiger partial charge is 0.255 e. The molecule has 0 bridgehead atoms. The second kappa shape index (κ2) is 5.37. The number of likely N-dealkylation sites (N-methyl/N-ethyl adjacent to an activating group) is 1. The molecule has 0 aliphatic carbocycles. The molecule has 1 heterocycles. The number of anilines is 1. The van der Waals surface area contributed by atoms with Crippen molar-refractivity contribution in [3.8, 4) is 5.75 Å². The maximum Gasteiger partial charge on any atom is 0.255 e. The van der Waals surface area contributed by atoms with Crippen LogP contribution in [0.15, 0.2) is 24.3 Å². The fourth-order valence-corrected chi connectivity index (χ4v) is 2.11. The lowest BCUT2D eigenvalue weighted by molar-refractivity contribution is -0.128. The predicted octanol–water partition coefficient (Wildman–Crippen LogP) is 0.861. The van der Waals surface area contributed by atoms with Crippen LogP contribution < -0.4 is 10.6 Å². The highest BCUT2D eigenvalue weighted by atomic mass is 16.5. The molecular formula is C13H18N2O3. The molecule has 1 aromatic carbocycles. The van der Waals surface area contributed by atoms with Crippen LogP contribution in [0.3, 0.4) is 0 Å². The Balaban J connectivity index is 2.05. The van der Waals surface area contributed by atoms with Gasteiger partial charge in [0.25, 0.3) is 5.91 Å². The molecule has 98 valence electrons. The van der Waals surface area contributed by atoms with Gasteiger partial charge in [-0.1, -0.05) is 6.07 Å². The van der Waals surface area contributed by atoms with Crippen molar-refractivity contribution in [1.82, 2.24) is 0 Å². The molecule has 0 radical (unpaired) electrons. The standard InChI is InChI=1S/C13H18N2O3/c1-15(9-3-2-4-10(16)7-9)13(17)12-6-5-11(8-14)18-12/h2-4,7,11-12,16H,5-6,8,14H2,1H3. The van der Waals surface area contributed by atoms with Crippen LogP contribution in [0.2, 0.25) is 0 Å². The van der Waals surface area contributed by atoms with E-state index in [1.165, 1.54) is 4.90 Å². The monoisotopic (exact) mass is 250 g/mol. The summed E-state index contributed by atoms with van der Waals surface area (Å²) in [5.74, 6) is 0.0378. The second-order valence-corrected chi connectivity index (χ2v) is 4.48. The van der Waals surface area contributed by atoms with Crippen LogP contribution in [0.1, 0.15) is 12.8 Å². The van der Waals surface area contributed by atoms with E-state index in [1.54, 1.807) is 31.3 Å². The molecule has 2 unspecified atom stereocenters. The summed E-state index contributed by atoms with van der Waals surface area (Å²) in [7, 11) is 1.68. The summed E-state index contributed by atoms with van der Waals surface area (Å²) in [6, 6.07) is 6.59. The van der Waals surface area contributed by atoms with Gasteiger partial charge >= 0.3 is 0 Å². The van der Waals surface area contributed by atoms with E-state index in [9.17, 15) is 9.90 Å². The predicted molar refractivity (Wildman–Crippen MR) is 68.5 cm³/mol. The van der Waals surface area contributed by atoms with Crippen molar-refractivity contribution in [2.24, 2.45) is 5.73 Å². The third-order valence-corrected chi connectivity index (χ3v) is 3.19. The molecule has 1 aliphatic heterocycles. The number of carbonyl (C=O) groups excluding carboxylic acids is 1. The fraction of sp³-hybridized carbons (Fsp3) is 0.462. The van der Waals surface area contributed by atoms with Gasteiger partial charge < -0.3 is 20.5 Å². The van der Waals surface area contributed by atoms with Crippen molar-refractivity contribution in [2.75, 3.05) is 18.5 Å². The topological polar surface area (TPSA) is 75.8 Å². The number of amides is 1. The Labute approximate surface area is 106 Å². The fourth-order valence-electron chi connectivity index (χ4n) is 2.11. The number of carbonyl (C=O) groups is 1. The van der Waals surface area contributed by atoms with E-state index in [2.05, 4.69) is 0 Å². The first kappa shape index (κ1) is 12.9. The summed E-state index contributed by atoms with van der Waals surface area (Å²) in [6.45, 7) is 0.444. The maximum atomic E-state index is 12.2.